The number of ketones is 1. The van der Waals surface area contributed by atoms with E-state index in [9.17, 15) is 4.79 Å². The molecule has 0 fully saturated rings. The standard InChI is InChI=1S/C14H19NO/c1-4-15(5-2)14-10-8-13(9-11-14)7-6-12(3)16/h6-11H,4-5H2,1-3H3. The maximum absolute atomic E-state index is 10.8. The third-order valence-electron chi connectivity index (χ3n) is 2.53. The summed E-state index contributed by atoms with van der Waals surface area (Å²) in [6.45, 7) is 7.87. The van der Waals surface area contributed by atoms with E-state index in [-0.39, 0.29) is 5.78 Å². The molecule has 86 valence electrons. The molecule has 0 spiro atoms. The van der Waals surface area contributed by atoms with Gasteiger partial charge in [-0.05, 0) is 44.5 Å². The Morgan fingerprint density at radius 2 is 1.75 bits per heavy atom. The van der Waals surface area contributed by atoms with Crippen LogP contribution in [0.5, 0.6) is 0 Å². The summed E-state index contributed by atoms with van der Waals surface area (Å²) in [6.07, 6.45) is 3.43. The van der Waals surface area contributed by atoms with Crippen LogP contribution in [-0.4, -0.2) is 18.9 Å². The van der Waals surface area contributed by atoms with Gasteiger partial charge in [0.25, 0.3) is 0 Å². The largest absolute Gasteiger partial charge is 0.372 e. The van der Waals surface area contributed by atoms with Gasteiger partial charge in [0, 0.05) is 18.8 Å². The number of benzene rings is 1. The number of allylic oxidation sites excluding steroid dienone is 1. The summed E-state index contributed by atoms with van der Waals surface area (Å²) in [7, 11) is 0. The monoisotopic (exact) mass is 217 g/mol. The number of hydrogen-bond acceptors (Lipinski definition) is 2. The molecule has 0 bridgehead atoms. The van der Waals surface area contributed by atoms with E-state index in [0.717, 1.165) is 18.7 Å². The quantitative estimate of drug-likeness (QED) is 0.706. The van der Waals surface area contributed by atoms with Crippen LogP contribution in [0.15, 0.2) is 30.3 Å². The molecular formula is C14H19NO. The van der Waals surface area contributed by atoms with Crippen LogP contribution in [0, 0.1) is 0 Å². The molecule has 0 aliphatic heterocycles. The third kappa shape index (κ3) is 3.54. The fourth-order valence-electron chi connectivity index (χ4n) is 1.60. The highest BCUT2D eigenvalue weighted by atomic mass is 16.1. The summed E-state index contributed by atoms with van der Waals surface area (Å²) in [5, 5.41) is 0. The number of anilines is 1. The van der Waals surface area contributed by atoms with Gasteiger partial charge in [-0.3, -0.25) is 4.79 Å². The van der Waals surface area contributed by atoms with Gasteiger partial charge in [0.05, 0.1) is 0 Å². The van der Waals surface area contributed by atoms with Gasteiger partial charge >= 0.3 is 0 Å². The maximum Gasteiger partial charge on any atom is 0.152 e. The fourth-order valence-corrected chi connectivity index (χ4v) is 1.60. The van der Waals surface area contributed by atoms with Crippen molar-refractivity contribution in [2.75, 3.05) is 18.0 Å². The Labute approximate surface area is 97.6 Å². The Kier molecular flexibility index (Phi) is 4.77. The molecule has 0 radical (unpaired) electrons. The van der Waals surface area contributed by atoms with E-state index in [4.69, 9.17) is 0 Å². The number of hydrogen-bond donors (Lipinski definition) is 0. The molecule has 1 aromatic carbocycles. The van der Waals surface area contributed by atoms with Crippen molar-refractivity contribution in [3.05, 3.63) is 35.9 Å². The van der Waals surface area contributed by atoms with E-state index in [0.29, 0.717) is 0 Å². The van der Waals surface area contributed by atoms with Gasteiger partial charge < -0.3 is 4.90 Å². The van der Waals surface area contributed by atoms with E-state index in [1.807, 2.05) is 18.2 Å². The Balaban J connectivity index is 2.78. The second-order valence-corrected chi connectivity index (χ2v) is 3.71. The molecule has 0 saturated heterocycles. The van der Waals surface area contributed by atoms with Crippen LogP contribution in [0.4, 0.5) is 5.69 Å². The van der Waals surface area contributed by atoms with Crippen molar-refractivity contribution in [2.45, 2.75) is 20.8 Å². The molecule has 1 rings (SSSR count). The Morgan fingerprint density at radius 1 is 1.19 bits per heavy atom. The Hall–Kier alpha value is -1.57. The lowest BCUT2D eigenvalue weighted by atomic mass is 10.1. The molecule has 0 saturated carbocycles. The Bertz CT molecular complexity index is 361. The van der Waals surface area contributed by atoms with Crippen molar-refractivity contribution in [3.63, 3.8) is 0 Å². The van der Waals surface area contributed by atoms with Crippen molar-refractivity contribution in [1.29, 1.82) is 0 Å². The molecule has 2 heteroatoms. The van der Waals surface area contributed by atoms with Crippen molar-refractivity contribution in [2.24, 2.45) is 0 Å². The second kappa shape index (κ2) is 6.11. The van der Waals surface area contributed by atoms with Gasteiger partial charge in [-0.2, -0.15) is 0 Å². The summed E-state index contributed by atoms with van der Waals surface area (Å²) in [6, 6.07) is 8.25. The summed E-state index contributed by atoms with van der Waals surface area (Å²) < 4.78 is 0. The van der Waals surface area contributed by atoms with E-state index in [1.165, 1.54) is 5.69 Å². The number of carbonyl (C=O) groups is 1. The van der Waals surface area contributed by atoms with Gasteiger partial charge in [-0.25, -0.2) is 0 Å². The highest BCUT2D eigenvalue weighted by Gasteiger charge is 1.99. The zero-order valence-electron chi connectivity index (χ0n) is 10.2. The number of nitrogens with zero attached hydrogens (tertiary/aromatic N) is 1. The van der Waals surface area contributed by atoms with Gasteiger partial charge in [0.15, 0.2) is 5.78 Å². The van der Waals surface area contributed by atoms with Crippen molar-refractivity contribution in [1.82, 2.24) is 0 Å². The van der Waals surface area contributed by atoms with E-state index in [1.54, 1.807) is 13.0 Å². The SMILES string of the molecule is CCN(CC)c1ccc(C=CC(C)=O)cc1. The number of carbonyl (C=O) groups excluding carboxylic acids is 1. The molecule has 16 heavy (non-hydrogen) atoms. The lowest BCUT2D eigenvalue weighted by Gasteiger charge is -2.20. The Morgan fingerprint density at radius 3 is 2.19 bits per heavy atom. The molecule has 0 heterocycles. The van der Waals surface area contributed by atoms with Crippen LogP contribution in [0.25, 0.3) is 6.08 Å². The van der Waals surface area contributed by atoms with Crippen LogP contribution in [-0.2, 0) is 4.79 Å². The molecule has 1 aromatic rings. The zero-order chi connectivity index (χ0) is 12.0. The molecule has 0 unspecified atom stereocenters. The lowest BCUT2D eigenvalue weighted by molar-refractivity contribution is -0.112. The van der Waals surface area contributed by atoms with Crippen LogP contribution >= 0.6 is 0 Å². The van der Waals surface area contributed by atoms with Gasteiger partial charge in [0.1, 0.15) is 0 Å². The van der Waals surface area contributed by atoms with Gasteiger partial charge in [-0.1, -0.05) is 18.2 Å². The molecule has 0 aliphatic carbocycles. The minimum Gasteiger partial charge on any atom is -0.372 e. The summed E-state index contributed by atoms with van der Waals surface area (Å²) in [5.74, 6) is 0.0767. The van der Waals surface area contributed by atoms with Crippen LogP contribution < -0.4 is 4.90 Å². The fraction of sp³-hybridized carbons (Fsp3) is 0.357. The first-order chi connectivity index (χ1) is 7.67. The smallest absolute Gasteiger partial charge is 0.152 e. The number of rotatable bonds is 5. The first-order valence-corrected chi connectivity index (χ1v) is 5.71. The zero-order valence-corrected chi connectivity index (χ0v) is 10.2. The average Bonchev–Trinajstić information content (AvgIpc) is 2.29. The van der Waals surface area contributed by atoms with E-state index < -0.39 is 0 Å². The predicted octanol–water partition coefficient (Wildman–Crippen LogP) is 3.14. The minimum atomic E-state index is 0.0767. The van der Waals surface area contributed by atoms with Crippen LogP contribution in [0.3, 0.4) is 0 Å². The molecule has 0 N–H and O–H groups in total. The highest BCUT2D eigenvalue weighted by molar-refractivity contribution is 5.91. The first kappa shape index (κ1) is 12.5. The molecule has 0 atom stereocenters. The van der Waals surface area contributed by atoms with Crippen molar-refractivity contribution < 1.29 is 4.79 Å². The molecular weight excluding hydrogens is 198 g/mol. The van der Waals surface area contributed by atoms with E-state index in [2.05, 4.69) is 30.9 Å². The van der Waals surface area contributed by atoms with Gasteiger partial charge in [0.2, 0.25) is 0 Å². The summed E-state index contributed by atoms with van der Waals surface area (Å²) in [4.78, 5) is 13.1. The van der Waals surface area contributed by atoms with Crippen LogP contribution in [0.1, 0.15) is 26.3 Å². The van der Waals surface area contributed by atoms with Crippen molar-refractivity contribution >= 4 is 17.5 Å². The van der Waals surface area contributed by atoms with Crippen LogP contribution in [0.2, 0.25) is 0 Å². The highest BCUT2D eigenvalue weighted by Crippen LogP contribution is 2.15. The second-order valence-electron chi connectivity index (χ2n) is 3.71. The topological polar surface area (TPSA) is 20.3 Å². The molecule has 2 nitrogen and oxygen atoms in total. The average molecular weight is 217 g/mol. The minimum absolute atomic E-state index is 0.0767. The summed E-state index contributed by atoms with van der Waals surface area (Å²) in [5.41, 5.74) is 2.29. The predicted molar refractivity (Wildman–Crippen MR) is 69.7 cm³/mol. The molecule has 0 aliphatic rings. The summed E-state index contributed by atoms with van der Waals surface area (Å²) >= 11 is 0. The van der Waals surface area contributed by atoms with E-state index >= 15 is 0 Å². The molecule has 0 amide bonds. The normalized spacial score (nSPS) is 10.7. The maximum atomic E-state index is 10.8. The third-order valence-corrected chi connectivity index (χ3v) is 2.53. The molecule has 0 aromatic heterocycles. The van der Waals surface area contributed by atoms with Gasteiger partial charge in [-0.15, -0.1) is 0 Å². The first-order valence-electron chi connectivity index (χ1n) is 5.71. The lowest BCUT2D eigenvalue weighted by Crippen LogP contribution is -2.21. The van der Waals surface area contributed by atoms with Crippen molar-refractivity contribution in [3.8, 4) is 0 Å².